The van der Waals surface area contributed by atoms with Crippen LogP contribution in [0.5, 0.6) is 12.0 Å². The Bertz CT molecular complexity index is 330. The van der Waals surface area contributed by atoms with Crippen molar-refractivity contribution in [3.05, 3.63) is 12.7 Å². The number of rotatable bonds is 6. The molecule has 0 aromatic carbocycles. The van der Waals surface area contributed by atoms with Crippen LogP contribution in [0.15, 0.2) is 12.7 Å². The van der Waals surface area contributed by atoms with Gasteiger partial charge in [0, 0.05) is 7.05 Å². The highest BCUT2D eigenvalue weighted by molar-refractivity contribution is 5.26. The molecule has 0 aliphatic rings. The highest BCUT2D eigenvalue weighted by Crippen LogP contribution is 2.12. The molecule has 0 amide bonds. The first-order valence-corrected chi connectivity index (χ1v) is 4.60. The van der Waals surface area contributed by atoms with Gasteiger partial charge in [-0.15, -0.1) is 4.98 Å². The molecule has 6 heteroatoms. The summed E-state index contributed by atoms with van der Waals surface area (Å²) in [7, 11) is 1.71. The van der Waals surface area contributed by atoms with E-state index >= 15 is 0 Å². The summed E-state index contributed by atoms with van der Waals surface area (Å²) in [6, 6.07) is 0.466. The van der Waals surface area contributed by atoms with Crippen molar-refractivity contribution in [1.29, 1.82) is 0 Å². The van der Waals surface area contributed by atoms with Crippen LogP contribution < -0.4 is 14.8 Å². The molecule has 0 aliphatic carbocycles. The first kappa shape index (κ1) is 11.2. The zero-order chi connectivity index (χ0) is 11.1. The van der Waals surface area contributed by atoms with Gasteiger partial charge < -0.3 is 14.8 Å². The Balaban J connectivity index is 2.84. The van der Waals surface area contributed by atoms with Crippen LogP contribution >= 0.6 is 0 Å². The quantitative estimate of drug-likeness (QED) is 0.703. The van der Waals surface area contributed by atoms with Crippen molar-refractivity contribution >= 4 is 5.95 Å². The van der Waals surface area contributed by atoms with Crippen LogP contribution in [0.25, 0.3) is 0 Å². The van der Waals surface area contributed by atoms with E-state index < -0.39 is 0 Å². The van der Waals surface area contributed by atoms with E-state index in [2.05, 4.69) is 26.8 Å². The maximum Gasteiger partial charge on any atom is 0.324 e. The summed E-state index contributed by atoms with van der Waals surface area (Å²) in [5, 5.41) is 2.79. The van der Waals surface area contributed by atoms with Gasteiger partial charge in [0.25, 0.3) is 0 Å². The Labute approximate surface area is 88.4 Å². The van der Waals surface area contributed by atoms with E-state index in [1.54, 1.807) is 13.1 Å². The molecule has 1 heterocycles. The van der Waals surface area contributed by atoms with Crippen molar-refractivity contribution < 1.29 is 9.47 Å². The summed E-state index contributed by atoms with van der Waals surface area (Å²) < 4.78 is 10.3. The first-order chi connectivity index (χ1) is 7.30. The summed E-state index contributed by atoms with van der Waals surface area (Å²) in [6.07, 6.45) is 1.61. The molecular weight excluding hydrogens is 196 g/mol. The first-order valence-electron chi connectivity index (χ1n) is 4.60. The van der Waals surface area contributed by atoms with Gasteiger partial charge in [0.2, 0.25) is 5.95 Å². The fraction of sp³-hybridized carbons (Fsp3) is 0.444. The van der Waals surface area contributed by atoms with Gasteiger partial charge in [0.1, 0.15) is 6.61 Å². The molecule has 1 aromatic rings. The highest BCUT2D eigenvalue weighted by Gasteiger charge is 2.06. The predicted octanol–water partition coefficient (Wildman–Crippen LogP) is 0.877. The van der Waals surface area contributed by atoms with Crippen LogP contribution in [0.4, 0.5) is 5.95 Å². The average molecular weight is 210 g/mol. The second kappa shape index (κ2) is 5.79. The molecule has 6 nitrogen and oxygen atoms in total. The van der Waals surface area contributed by atoms with E-state index in [1.807, 2.05) is 6.92 Å². The SMILES string of the molecule is C=CCOc1nc(NC)nc(OCC)n1. The van der Waals surface area contributed by atoms with Gasteiger partial charge in [0.05, 0.1) is 6.61 Å². The van der Waals surface area contributed by atoms with Crippen molar-refractivity contribution in [2.75, 3.05) is 25.6 Å². The van der Waals surface area contributed by atoms with E-state index in [-0.39, 0.29) is 12.0 Å². The smallest absolute Gasteiger partial charge is 0.324 e. The van der Waals surface area contributed by atoms with Gasteiger partial charge in [-0.1, -0.05) is 12.7 Å². The molecule has 0 atom stereocenters. The number of aromatic nitrogens is 3. The summed E-state index contributed by atoms with van der Waals surface area (Å²) in [5.41, 5.74) is 0. The van der Waals surface area contributed by atoms with Crippen LogP contribution in [0.2, 0.25) is 0 Å². The minimum atomic E-state index is 0.220. The predicted molar refractivity (Wildman–Crippen MR) is 56.2 cm³/mol. The monoisotopic (exact) mass is 210 g/mol. The zero-order valence-electron chi connectivity index (χ0n) is 8.86. The summed E-state index contributed by atoms with van der Waals surface area (Å²) >= 11 is 0. The molecule has 0 radical (unpaired) electrons. The normalized spacial score (nSPS) is 9.47. The average Bonchev–Trinajstić information content (AvgIpc) is 2.26. The maximum atomic E-state index is 5.18. The lowest BCUT2D eigenvalue weighted by Gasteiger charge is -2.06. The minimum absolute atomic E-state index is 0.220. The molecule has 0 saturated heterocycles. The van der Waals surface area contributed by atoms with E-state index in [9.17, 15) is 0 Å². The molecule has 0 spiro atoms. The maximum absolute atomic E-state index is 5.18. The van der Waals surface area contributed by atoms with Crippen LogP contribution in [-0.2, 0) is 0 Å². The standard InChI is InChI=1S/C9H14N4O2/c1-4-6-15-9-12-7(10-3)11-8(13-9)14-5-2/h4H,1,5-6H2,2-3H3,(H,10,11,12,13). The molecule has 0 bridgehead atoms. The Morgan fingerprint density at radius 2 is 1.93 bits per heavy atom. The lowest BCUT2D eigenvalue weighted by Crippen LogP contribution is -2.06. The second-order valence-corrected chi connectivity index (χ2v) is 2.51. The Hall–Kier alpha value is -1.85. The van der Waals surface area contributed by atoms with Gasteiger partial charge in [0.15, 0.2) is 0 Å². The highest BCUT2D eigenvalue weighted by atomic mass is 16.5. The van der Waals surface area contributed by atoms with Gasteiger partial charge in [-0.25, -0.2) is 0 Å². The third-order valence-corrected chi connectivity index (χ3v) is 1.42. The number of hydrogen-bond donors (Lipinski definition) is 1. The molecule has 0 saturated carbocycles. The van der Waals surface area contributed by atoms with Gasteiger partial charge in [-0.05, 0) is 6.92 Å². The Morgan fingerprint density at radius 3 is 2.47 bits per heavy atom. The molecule has 1 N–H and O–H groups in total. The second-order valence-electron chi connectivity index (χ2n) is 2.51. The number of ether oxygens (including phenoxy) is 2. The Morgan fingerprint density at radius 1 is 1.27 bits per heavy atom. The van der Waals surface area contributed by atoms with E-state index in [0.717, 1.165) is 0 Å². The molecule has 1 rings (SSSR count). The topological polar surface area (TPSA) is 69.2 Å². The molecule has 1 aromatic heterocycles. The minimum Gasteiger partial charge on any atom is -0.464 e. The number of nitrogens with one attached hydrogen (secondary N) is 1. The van der Waals surface area contributed by atoms with Crippen molar-refractivity contribution in [3.63, 3.8) is 0 Å². The van der Waals surface area contributed by atoms with Crippen LogP contribution in [0.1, 0.15) is 6.92 Å². The molecule has 0 fully saturated rings. The number of hydrogen-bond acceptors (Lipinski definition) is 6. The lowest BCUT2D eigenvalue weighted by molar-refractivity contribution is 0.288. The van der Waals surface area contributed by atoms with E-state index in [0.29, 0.717) is 19.2 Å². The largest absolute Gasteiger partial charge is 0.464 e. The summed E-state index contributed by atoms with van der Waals surface area (Å²) in [5.74, 6) is 0.410. The molecule has 0 aliphatic heterocycles. The van der Waals surface area contributed by atoms with E-state index in [4.69, 9.17) is 9.47 Å². The van der Waals surface area contributed by atoms with Gasteiger partial charge in [-0.3, -0.25) is 0 Å². The fourth-order valence-electron chi connectivity index (χ4n) is 0.841. The van der Waals surface area contributed by atoms with Gasteiger partial charge >= 0.3 is 12.0 Å². The summed E-state index contributed by atoms with van der Waals surface area (Å²) in [4.78, 5) is 11.9. The van der Waals surface area contributed by atoms with Crippen molar-refractivity contribution in [2.45, 2.75) is 6.92 Å². The zero-order valence-corrected chi connectivity index (χ0v) is 8.86. The number of anilines is 1. The van der Waals surface area contributed by atoms with Gasteiger partial charge in [-0.2, -0.15) is 9.97 Å². The lowest BCUT2D eigenvalue weighted by atomic mass is 10.7. The summed E-state index contributed by atoms with van der Waals surface area (Å²) in [6.45, 7) is 6.23. The van der Waals surface area contributed by atoms with E-state index in [1.165, 1.54) is 0 Å². The third-order valence-electron chi connectivity index (χ3n) is 1.42. The molecular formula is C9H14N4O2. The molecule has 15 heavy (non-hydrogen) atoms. The van der Waals surface area contributed by atoms with Crippen LogP contribution in [0.3, 0.4) is 0 Å². The van der Waals surface area contributed by atoms with Crippen LogP contribution in [0, 0.1) is 0 Å². The molecule has 0 unspecified atom stereocenters. The third kappa shape index (κ3) is 3.41. The Kier molecular flexibility index (Phi) is 4.33. The number of nitrogens with zero attached hydrogens (tertiary/aromatic N) is 3. The fourth-order valence-corrected chi connectivity index (χ4v) is 0.841. The van der Waals surface area contributed by atoms with Crippen molar-refractivity contribution in [3.8, 4) is 12.0 Å². The van der Waals surface area contributed by atoms with Crippen molar-refractivity contribution in [2.24, 2.45) is 0 Å². The molecule has 82 valence electrons. The van der Waals surface area contributed by atoms with Crippen molar-refractivity contribution in [1.82, 2.24) is 15.0 Å². The van der Waals surface area contributed by atoms with Crippen LogP contribution in [-0.4, -0.2) is 35.2 Å².